The summed E-state index contributed by atoms with van der Waals surface area (Å²) in [6.07, 6.45) is 0.923. The Morgan fingerprint density at radius 2 is 0.911 bits per heavy atom. The summed E-state index contributed by atoms with van der Waals surface area (Å²) in [5.74, 6) is 1.81. The molecule has 1 aliphatic heterocycles. The minimum Gasteiger partial charge on any atom is -0.456 e. The van der Waals surface area contributed by atoms with Crippen LogP contribution in [0.5, 0.6) is 11.5 Å². The maximum Gasteiger partial charge on any atom is 0.135 e. The van der Waals surface area contributed by atoms with Gasteiger partial charge in [0.15, 0.2) is 0 Å². The van der Waals surface area contributed by atoms with Gasteiger partial charge in [-0.3, -0.25) is 0 Å². The predicted molar refractivity (Wildman–Crippen MR) is 234 cm³/mol. The average Bonchev–Trinajstić information content (AvgIpc) is 3.64. The molecule has 0 N–H and O–H groups in total. The highest BCUT2D eigenvalue weighted by Gasteiger charge is 2.30. The molecule has 1 aliphatic carbocycles. The quantitative estimate of drug-likeness (QED) is 0.165. The molecule has 0 bridgehead atoms. The maximum atomic E-state index is 6.56. The lowest BCUT2D eigenvalue weighted by Gasteiger charge is -2.25. The molecule has 0 saturated carbocycles. The van der Waals surface area contributed by atoms with Crippen LogP contribution in [0.3, 0.4) is 0 Å². The molecular formula is C55H34O. The third kappa shape index (κ3) is 4.55. The largest absolute Gasteiger partial charge is 0.456 e. The highest BCUT2D eigenvalue weighted by molar-refractivity contribution is 6.25. The van der Waals surface area contributed by atoms with Gasteiger partial charge in [-0.15, -0.1) is 0 Å². The molecule has 260 valence electrons. The zero-order valence-corrected chi connectivity index (χ0v) is 30.6. The van der Waals surface area contributed by atoms with Crippen LogP contribution in [0.4, 0.5) is 0 Å². The summed E-state index contributed by atoms with van der Waals surface area (Å²) in [6, 6.07) is 71.3. The van der Waals surface area contributed by atoms with Crippen molar-refractivity contribution in [2.24, 2.45) is 0 Å². The van der Waals surface area contributed by atoms with Gasteiger partial charge in [-0.25, -0.2) is 0 Å². The smallest absolute Gasteiger partial charge is 0.135 e. The Morgan fingerprint density at radius 1 is 0.304 bits per heavy atom. The normalized spacial score (nSPS) is 12.4. The van der Waals surface area contributed by atoms with E-state index in [4.69, 9.17) is 4.74 Å². The molecule has 0 spiro atoms. The second-order valence-electron chi connectivity index (χ2n) is 15.1. The van der Waals surface area contributed by atoms with Gasteiger partial charge >= 0.3 is 0 Å². The molecule has 0 radical (unpaired) electrons. The monoisotopic (exact) mass is 710 g/mol. The van der Waals surface area contributed by atoms with Crippen LogP contribution < -0.4 is 4.74 Å². The van der Waals surface area contributed by atoms with Crippen molar-refractivity contribution < 1.29 is 4.74 Å². The molecule has 0 fully saturated rings. The highest BCUT2D eigenvalue weighted by atomic mass is 16.5. The first-order valence-corrected chi connectivity index (χ1v) is 19.5. The Kier molecular flexibility index (Phi) is 6.76. The van der Waals surface area contributed by atoms with E-state index in [2.05, 4.69) is 194 Å². The Labute approximate surface area is 325 Å². The zero-order valence-electron chi connectivity index (χ0n) is 30.6. The lowest BCUT2D eigenvalue weighted by molar-refractivity contribution is 0.487. The van der Waals surface area contributed by atoms with Crippen LogP contribution in [0.25, 0.3) is 99.1 Å². The van der Waals surface area contributed by atoms with E-state index >= 15 is 0 Å². The molecule has 2 aliphatic rings. The summed E-state index contributed by atoms with van der Waals surface area (Å²) >= 11 is 0. The molecular weight excluding hydrogens is 677 g/mol. The van der Waals surface area contributed by atoms with E-state index in [1.54, 1.807) is 0 Å². The summed E-state index contributed by atoms with van der Waals surface area (Å²) in [6.45, 7) is 0. The van der Waals surface area contributed by atoms with Crippen LogP contribution in [0.15, 0.2) is 194 Å². The first kappa shape index (κ1) is 31.2. The minimum atomic E-state index is 0.892. The van der Waals surface area contributed by atoms with Crippen LogP contribution >= 0.6 is 0 Å². The van der Waals surface area contributed by atoms with Crippen molar-refractivity contribution in [3.05, 3.63) is 205 Å². The first-order chi connectivity index (χ1) is 27.8. The molecule has 1 heteroatoms. The van der Waals surface area contributed by atoms with E-state index in [0.717, 1.165) is 23.5 Å². The van der Waals surface area contributed by atoms with Crippen LogP contribution in [-0.2, 0) is 6.42 Å². The van der Waals surface area contributed by atoms with Gasteiger partial charge in [0, 0.05) is 10.9 Å². The molecule has 1 heterocycles. The van der Waals surface area contributed by atoms with Crippen molar-refractivity contribution in [1.82, 2.24) is 0 Å². The third-order valence-electron chi connectivity index (χ3n) is 12.1. The number of hydrogen-bond donors (Lipinski definition) is 0. The second-order valence-corrected chi connectivity index (χ2v) is 15.1. The van der Waals surface area contributed by atoms with E-state index in [0.29, 0.717) is 0 Å². The maximum absolute atomic E-state index is 6.56. The number of rotatable bonds is 4. The molecule has 0 atom stereocenters. The van der Waals surface area contributed by atoms with Gasteiger partial charge in [-0.05, 0) is 130 Å². The second kappa shape index (κ2) is 12.1. The molecule has 56 heavy (non-hydrogen) atoms. The van der Waals surface area contributed by atoms with Gasteiger partial charge < -0.3 is 4.74 Å². The van der Waals surface area contributed by atoms with Crippen molar-refractivity contribution in [2.45, 2.75) is 6.42 Å². The molecule has 0 saturated heterocycles. The van der Waals surface area contributed by atoms with E-state index in [-0.39, 0.29) is 0 Å². The summed E-state index contributed by atoms with van der Waals surface area (Å²) in [5, 5.41) is 7.30. The Hall–Kier alpha value is -7.22. The third-order valence-corrected chi connectivity index (χ3v) is 12.1. The van der Waals surface area contributed by atoms with Crippen molar-refractivity contribution in [3.63, 3.8) is 0 Å². The number of fused-ring (bicyclic) bond motifs is 7. The Bertz CT molecular complexity index is 3170. The predicted octanol–water partition coefficient (Wildman–Crippen LogP) is 15.2. The molecule has 0 aromatic heterocycles. The van der Waals surface area contributed by atoms with Crippen molar-refractivity contribution in [2.75, 3.05) is 0 Å². The Morgan fingerprint density at radius 3 is 1.64 bits per heavy atom. The van der Waals surface area contributed by atoms with E-state index in [1.165, 1.54) is 105 Å². The van der Waals surface area contributed by atoms with Gasteiger partial charge in [0.05, 0.1) is 0 Å². The van der Waals surface area contributed by atoms with Crippen molar-refractivity contribution in [1.29, 1.82) is 0 Å². The fourth-order valence-corrected chi connectivity index (χ4v) is 9.74. The van der Waals surface area contributed by atoms with E-state index in [9.17, 15) is 0 Å². The number of benzene rings is 10. The van der Waals surface area contributed by atoms with Gasteiger partial charge in [0.25, 0.3) is 0 Å². The fourth-order valence-electron chi connectivity index (χ4n) is 9.74. The number of hydrogen-bond acceptors (Lipinski definition) is 1. The average molecular weight is 711 g/mol. The molecule has 1 nitrogen and oxygen atoms in total. The summed E-state index contributed by atoms with van der Waals surface area (Å²) in [4.78, 5) is 0. The molecule has 0 unspecified atom stereocenters. The Balaban J connectivity index is 1.21. The van der Waals surface area contributed by atoms with Gasteiger partial charge in [-0.1, -0.05) is 170 Å². The summed E-state index contributed by atoms with van der Waals surface area (Å²) in [5.41, 5.74) is 17.8. The fraction of sp³-hybridized carbons (Fsp3) is 0.0182. The lowest BCUT2D eigenvalue weighted by atomic mass is 9.78. The van der Waals surface area contributed by atoms with Crippen LogP contribution in [0.2, 0.25) is 0 Å². The highest BCUT2D eigenvalue weighted by Crippen LogP contribution is 2.55. The number of ether oxygens (including phenoxy) is 1. The summed E-state index contributed by atoms with van der Waals surface area (Å²) in [7, 11) is 0. The molecule has 12 rings (SSSR count). The van der Waals surface area contributed by atoms with Gasteiger partial charge in [0.2, 0.25) is 0 Å². The molecule has 10 aromatic rings. The van der Waals surface area contributed by atoms with E-state index in [1.807, 2.05) is 0 Å². The van der Waals surface area contributed by atoms with Crippen molar-refractivity contribution >= 4 is 32.3 Å². The van der Waals surface area contributed by atoms with Gasteiger partial charge in [0.1, 0.15) is 11.5 Å². The topological polar surface area (TPSA) is 9.23 Å². The zero-order chi connectivity index (χ0) is 36.7. The standard InChI is InChI=1S/C55H34O/c1-3-15-34(16-4-1)46-33-39-31-37-19-7-8-22-40(37)52(39)53(36-17-5-2-6-18-36)55(46)54-43-25-11-9-23-41(43)50(42-24-10-12-26-44(42)54)38-29-30-48-47(32-38)45-27-13-20-35-21-14-28-49(56-48)51(35)45/h1-30,32-33H,31H2. The molecule has 10 aromatic carbocycles. The van der Waals surface area contributed by atoms with Crippen LogP contribution in [0, 0.1) is 0 Å². The first-order valence-electron chi connectivity index (χ1n) is 19.5. The SMILES string of the molecule is c1ccc(-c2cc3c(c(-c4ccccc4)c2-c2c4ccccc4c(-c4ccc5c(c4)-c4cccc6cccc(c46)O5)c4ccccc24)-c2ccccc2C3)cc1. The lowest BCUT2D eigenvalue weighted by Crippen LogP contribution is -1.99. The van der Waals surface area contributed by atoms with Gasteiger partial charge in [-0.2, -0.15) is 0 Å². The summed E-state index contributed by atoms with van der Waals surface area (Å²) < 4.78 is 6.56. The van der Waals surface area contributed by atoms with E-state index < -0.39 is 0 Å². The van der Waals surface area contributed by atoms with Crippen LogP contribution in [0.1, 0.15) is 11.1 Å². The molecule has 0 amide bonds. The van der Waals surface area contributed by atoms with Crippen molar-refractivity contribution in [3.8, 4) is 78.3 Å². The minimum absolute atomic E-state index is 0.892. The van der Waals surface area contributed by atoms with Crippen LogP contribution in [-0.4, -0.2) is 0 Å².